The fourth-order valence-corrected chi connectivity index (χ4v) is 1.87. The lowest BCUT2D eigenvalue weighted by atomic mass is 10.1. The molecule has 0 aromatic heterocycles. The minimum atomic E-state index is -0.991. The van der Waals surface area contributed by atoms with Crippen LogP contribution in [-0.2, 0) is 19.0 Å². The van der Waals surface area contributed by atoms with Crippen LogP contribution in [0.5, 0.6) is 0 Å². The van der Waals surface area contributed by atoms with Gasteiger partial charge in [0.1, 0.15) is 5.60 Å². The van der Waals surface area contributed by atoms with E-state index in [1.165, 1.54) is 4.90 Å². The van der Waals surface area contributed by atoms with Crippen molar-refractivity contribution < 1.29 is 28.6 Å². The second-order valence-corrected chi connectivity index (χ2v) is 6.79. The largest absolute Gasteiger partial charge is 0.516 e. The van der Waals surface area contributed by atoms with E-state index in [1.807, 2.05) is 13.8 Å². The third-order valence-electron chi connectivity index (χ3n) is 2.89. The van der Waals surface area contributed by atoms with Crippen molar-refractivity contribution in [3.05, 3.63) is 0 Å². The molecule has 1 atom stereocenters. The Kier molecular flexibility index (Phi) is 6.20. The molecular weight excluding hydrogens is 290 g/mol. The van der Waals surface area contributed by atoms with Crippen LogP contribution in [0.2, 0.25) is 0 Å². The summed E-state index contributed by atoms with van der Waals surface area (Å²) in [4.78, 5) is 36.5. The highest BCUT2D eigenvalue weighted by Gasteiger charge is 2.35. The minimum Gasteiger partial charge on any atom is -0.444 e. The lowest BCUT2D eigenvalue weighted by Gasteiger charge is -2.24. The number of rotatable bonds is 3. The van der Waals surface area contributed by atoms with Gasteiger partial charge in [0.25, 0.3) is 0 Å². The summed E-state index contributed by atoms with van der Waals surface area (Å²) in [7, 11) is 0. The molecule has 0 aromatic carbocycles. The summed E-state index contributed by atoms with van der Waals surface area (Å²) in [5, 5.41) is 0. The van der Waals surface area contributed by atoms with Crippen LogP contribution in [0.15, 0.2) is 0 Å². The number of carbonyl (C=O) groups excluding carboxylic acids is 3. The fraction of sp³-hybridized carbons (Fsp3) is 0.800. The Morgan fingerprint density at radius 3 is 2.41 bits per heavy atom. The van der Waals surface area contributed by atoms with Gasteiger partial charge >= 0.3 is 18.2 Å². The molecule has 0 aromatic rings. The van der Waals surface area contributed by atoms with Gasteiger partial charge in [0.2, 0.25) is 0 Å². The Morgan fingerprint density at radius 1 is 1.23 bits per heavy atom. The van der Waals surface area contributed by atoms with Crippen molar-refractivity contribution in [2.24, 2.45) is 11.8 Å². The van der Waals surface area contributed by atoms with Crippen molar-refractivity contribution in [3.63, 3.8) is 0 Å². The van der Waals surface area contributed by atoms with Gasteiger partial charge in [-0.1, -0.05) is 13.8 Å². The molecule has 126 valence electrons. The molecule has 1 fully saturated rings. The van der Waals surface area contributed by atoms with E-state index >= 15 is 0 Å². The van der Waals surface area contributed by atoms with Crippen molar-refractivity contribution in [1.82, 2.24) is 4.90 Å². The maximum absolute atomic E-state index is 11.9. The van der Waals surface area contributed by atoms with Gasteiger partial charge in [-0.3, -0.25) is 4.79 Å². The first-order valence-corrected chi connectivity index (χ1v) is 7.45. The first-order chi connectivity index (χ1) is 10.1. The number of amides is 1. The summed E-state index contributed by atoms with van der Waals surface area (Å²) in [6.07, 6.45) is -1.02. The first kappa shape index (κ1) is 18.3. The van der Waals surface area contributed by atoms with Gasteiger partial charge in [0.15, 0.2) is 0 Å². The lowest BCUT2D eigenvalue weighted by molar-refractivity contribution is -0.144. The number of likely N-dealkylation sites (tertiary alicyclic amines) is 1. The van der Waals surface area contributed by atoms with Gasteiger partial charge in [-0.2, -0.15) is 0 Å². The van der Waals surface area contributed by atoms with Crippen LogP contribution in [0, 0.1) is 11.8 Å². The maximum Gasteiger partial charge on any atom is 0.516 e. The van der Waals surface area contributed by atoms with Crippen molar-refractivity contribution in [3.8, 4) is 0 Å². The SMILES string of the molecule is CC(C)COC(=O)OC(=O)[C@H]1CCN(C(=O)OC(C)(C)C)C1. The Balaban J connectivity index is 2.40. The molecule has 0 aliphatic carbocycles. The predicted molar refractivity (Wildman–Crippen MR) is 78.2 cm³/mol. The number of ether oxygens (including phenoxy) is 3. The molecule has 0 spiro atoms. The van der Waals surface area contributed by atoms with Gasteiger partial charge < -0.3 is 19.1 Å². The number of hydrogen-bond donors (Lipinski definition) is 0. The topological polar surface area (TPSA) is 82.1 Å². The van der Waals surface area contributed by atoms with E-state index in [0.29, 0.717) is 13.0 Å². The fourth-order valence-electron chi connectivity index (χ4n) is 1.87. The van der Waals surface area contributed by atoms with E-state index in [4.69, 9.17) is 9.47 Å². The average Bonchev–Trinajstić information content (AvgIpc) is 2.84. The Hall–Kier alpha value is -1.79. The van der Waals surface area contributed by atoms with Crippen LogP contribution in [0.3, 0.4) is 0 Å². The van der Waals surface area contributed by atoms with E-state index in [2.05, 4.69) is 4.74 Å². The molecule has 7 nitrogen and oxygen atoms in total. The summed E-state index contributed by atoms with van der Waals surface area (Å²) in [5.41, 5.74) is -0.587. The Morgan fingerprint density at radius 2 is 1.86 bits per heavy atom. The van der Waals surface area contributed by atoms with Crippen LogP contribution < -0.4 is 0 Å². The van der Waals surface area contributed by atoms with Crippen LogP contribution in [-0.4, -0.2) is 48.4 Å². The lowest BCUT2D eigenvalue weighted by Crippen LogP contribution is -2.36. The van der Waals surface area contributed by atoms with E-state index in [-0.39, 0.29) is 19.1 Å². The second-order valence-electron chi connectivity index (χ2n) is 6.79. The number of nitrogens with zero attached hydrogens (tertiary/aromatic N) is 1. The summed E-state index contributed by atoms with van der Waals surface area (Å²) in [5.74, 6) is -1.03. The molecule has 1 aliphatic heterocycles. The van der Waals surface area contributed by atoms with Gasteiger partial charge in [-0.15, -0.1) is 0 Å². The third kappa shape index (κ3) is 6.32. The van der Waals surface area contributed by atoms with Crippen molar-refractivity contribution in [2.75, 3.05) is 19.7 Å². The smallest absolute Gasteiger partial charge is 0.444 e. The predicted octanol–water partition coefficient (Wildman–Crippen LogP) is 2.58. The number of carbonyl (C=O) groups is 3. The molecule has 1 rings (SSSR count). The minimum absolute atomic E-state index is 0.164. The molecule has 1 aliphatic rings. The molecule has 0 N–H and O–H groups in total. The third-order valence-corrected chi connectivity index (χ3v) is 2.89. The highest BCUT2D eigenvalue weighted by atomic mass is 16.7. The molecule has 0 radical (unpaired) electrons. The molecule has 0 bridgehead atoms. The van der Waals surface area contributed by atoms with Gasteiger partial charge in [0.05, 0.1) is 12.5 Å². The van der Waals surface area contributed by atoms with Crippen molar-refractivity contribution >= 4 is 18.2 Å². The second kappa shape index (κ2) is 7.47. The summed E-state index contributed by atoms with van der Waals surface area (Å²) >= 11 is 0. The molecule has 0 unspecified atom stereocenters. The van der Waals surface area contributed by atoms with Gasteiger partial charge in [-0.05, 0) is 33.1 Å². The Labute approximate surface area is 130 Å². The Bertz CT molecular complexity index is 426. The van der Waals surface area contributed by atoms with E-state index in [1.54, 1.807) is 20.8 Å². The summed E-state index contributed by atoms with van der Waals surface area (Å²) < 4.78 is 14.7. The highest BCUT2D eigenvalue weighted by Crippen LogP contribution is 2.20. The van der Waals surface area contributed by atoms with Gasteiger partial charge in [0, 0.05) is 13.1 Å². The summed E-state index contributed by atoms with van der Waals surface area (Å²) in [6.45, 7) is 9.86. The first-order valence-electron chi connectivity index (χ1n) is 7.45. The zero-order valence-corrected chi connectivity index (χ0v) is 13.9. The van der Waals surface area contributed by atoms with E-state index < -0.39 is 29.7 Å². The monoisotopic (exact) mass is 315 g/mol. The molecule has 1 heterocycles. The van der Waals surface area contributed by atoms with Crippen LogP contribution in [0.25, 0.3) is 0 Å². The molecule has 1 amide bonds. The number of esters is 1. The maximum atomic E-state index is 11.9. The molecule has 0 saturated carbocycles. The molecule has 22 heavy (non-hydrogen) atoms. The standard InChI is InChI=1S/C15H25NO6/c1-10(2)9-20-14(19)21-12(17)11-6-7-16(8-11)13(18)22-15(3,4)5/h10-11H,6-9H2,1-5H3/t11-/m0/s1. The zero-order valence-electron chi connectivity index (χ0n) is 13.9. The van der Waals surface area contributed by atoms with Crippen molar-refractivity contribution in [2.45, 2.75) is 46.6 Å². The van der Waals surface area contributed by atoms with Crippen LogP contribution in [0.4, 0.5) is 9.59 Å². The molecular formula is C15H25NO6. The molecule has 7 heteroatoms. The quantitative estimate of drug-likeness (QED) is 0.588. The zero-order chi connectivity index (χ0) is 16.9. The van der Waals surface area contributed by atoms with E-state index in [9.17, 15) is 14.4 Å². The van der Waals surface area contributed by atoms with E-state index in [0.717, 1.165) is 0 Å². The van der Waals surface area contributed by atoms with Crippen LogP contribution >= 0.6 is 0 Å². The normalized spacial score (nSPS) is 18.3. The van der Waals surface area contributed by atoms with Crippen molar-refractivity contribution in [1.29, 1.82) is 0 Å². The average molecular weight is 315 g/mol. The van der Waals surface area contributed by atoms with Crippen LogP contribution in [0.1, 0.15) is 41.0 Å². The number of hydrogen-bond acceptors (Lipinski definition) is 6. The molecule has 1 saturated heterocycles. The highest BCUT2D eigenvalue weighted by molar-refractivity contribution is 5.84. The summed E-state index contributed by atoms with van der Waals surface area (Å²) in [6, 6.07) is 0. The van der Waals surface area contributed by atoms with Gasteiger partial charge in [-0.25, -0.2) is 9.59 Å².